The zero-order valence-electron chi connectivity index (χ0n) is 19.5. The second-order valence-electron chi connectivity index (χ2n) is 8.60. The smallest absolute Gasteiger partial charge is 0.253 e. The third kappa shape index (κ3) is 4.58. The average Bonchev–Trinajstić information content (AvgIpc) is 3.23. The maximum atomic E-state index is 13.4. The molecule has 0 radical (unpaired) electrons. The quantitative estimate of drug-likeness (QED) is 0.438. The lowest BCUT2D eigenvalue weighted by Crippen LogP contribution is -2.28. The van der Waals surface area contributed by atoms with Gasteiger partial charge in [0.15, 0.2) is 0 Å². The Morgan fingerprint density at radius 1 is 1.18 bits per heavy atom. The van der Waals surface area contributed by atoms with Crippen LogP contribution in [-0.2, 0) is 13.0 Å². The topological polar surface area (TPSA) is 92.7 Å². The molecule has 4 rings (SSSR count). The van der Waals surface area contributed by atoms with E-state index in [4.69, 9.17) is 0 Å². The summed E-state index contributed by atoms with van der Waals surface area (Å²) in [5.74, 6) is -0.239. The first-order chi connectivity index (χ1) is 15.9. The Balaban J connectivity index is 1.74. The van der Waals surface area contributed by atoms with Crippen molar-refractivity contribution >= 4 is 16.8 Å². The van der Waals surface area contributed by atoms with Gasteiger partial charge in [0.25, 0.3) is 11.5 Å². The largest absolute Gasteiger partial charge is 0.348 e. The van der Waals surface area contributed by atoms with Gasteiger partial charge in [0.1, 0.15) is 0 Å². The Morgan fingerprint density at radius 3 is 2.70 bits per heavy atom. The third-order valence-electron chi connectivity index (χ3n) is 5.75. The van der Waals surface area contributed by atoms with E-state index >= 15 is 0 Å². The molecule has 3 heterocycles. The fourth-order valence-corrected chi connectivity index (χ4v) is 4.18. The maximum absolute atomic E-state index is 13.4. The molecule has 7 nitrogen and oxygen atoms in total. The number of rotatable bonds is 7. The summed E-state index contributed by atoms with van der Waals surface area (Å²) in [6, 6.07) is 9.88. The van der Waals surface area contributed by atoms with E-state index in [-0.39, 0.29) is 24.1 Å². The second kappa shape index (κ2) is 9.40. The first kappa shape index (κ1) is 22.5. The van der Waals surface area contributed by atoms with Gasteiger partial charge in [-0.1, -0.05) is 19.4 Å². The minimum atomic E-state index is -0.239. The average molecular weight is 444 g/mol. The minimum Gasteiger partial charge on any atom is -0.348 e. The summed E-state index contributed by atoms with van der Waals surface area (Å²) in [7, 11) is 0. The van der Waals surface area contributed by atoms with Crippen LogP contribution < -0.4 is 10.9 Å². The van der Waals surface area contributed by atoms with Gasteiger partial charge < -0.3 is 10.3 Å². The van der Waals surface area contributed by atoms with Gasteiger partial charge in [-0.15, -0.1) is 0 Å². The van der Waals surface area contributed by atoms with Crippen molar-refractivity contribution in [1.29, 1.82) is 0 Å². The summed E-state index contributed by atoms with van der Waals surface area (Å²) in [5.41, 5.74) is 5.48. The molecule has 0 aliphatic rings. The lowest BCUT2D eigenvalue weighted by molar-refractivity contribution is 0.0952. The zero-order valence-corrected chi connectivity index (χ0v) is 19.5. The van der Waals surface area contributed by atoms with Crippen molar-refractivity contribution in [2.24, 2.45) is 0 Å². The molecule has 0 atom stereocenters. The fourth-order valence-electron chi connectivity index (χ4n) is 4.18. The predicted octanol–water partition coefficient (Wildman–Crippen LogP) is 4.56. The Kier molecular flexibility index (Phi) is 6.40. The molecule has 0 spiro atoms. The maximum Gasteiger partial charge on any atom is 0.253 e. The van der Waals surface area contributed by atoms with Gasteiger partial charge in [0, 0.05) is 47.2 Å². The molecule has 0 fully saturated rings. The van der Waals surface area contributed by atoms with Crippen LogP contribution in [0.2, 0.25) is 0 Å². The van der Waals surface area contributed by atoms with E-state index in [0.29, 0.717) is 11.1 Å². The van der Waals surface area contributed by atoms with Gasteiger partial charge in [0.2, 0.25) is 0 Å². The number of carbonyl (C=O) groups is 1. The predicted molar refractivity (Wildman–Crippen MR) is 130 cm³/mol. The fraction of sp³-hybridized carbons (Fsp3) is 0.308. The highest BCUT2D eigenvalue weighted by atomic mass is 16.1. The van der Waals surface area contributed by atoms with Gasteiger partial charge in [-0.25, -0.2) is 0 Å². The third-order valence-corrected chi connectivity index (χ3v) is 5.75. The van der Waals surface area contributed by atoms with Crippen molar-refractivity contribution in [3.8, 4) is 11.1 Å². The molecule has 3 aromatic heterocycles. The molecular weight excluding hydrogens is 414 g/mol. The van der Waals surface area contributed by atoms with Crippen LogP contribution in [0.3, 0.4) is 0 Å². The van der Waals surface area contributed by atoms with Crippen LogP contribution in [0.5, 0.6) is 0 Å². The molecule has 0 aliphatic heterocycles. The van der Waals surface area contributed by atoms with Crippen LogP contribution >= 0.6 is 0 Å². The van der Waals surface area contributed by atoms with Gasteiger partial charge in [-0.05, 0) is 62.6 Å². The van der Waals surface area contributed by atoms with E-state index in [2.05, 4.69) is 41.2 Å². The van der Waals surface area contributed by atoms with Crippen molar-refractivity contribution in [2.45, 2.75) is 53.1 Å². The molecule has 1 amide bonds. The molecule has 2 N–H and O–H groups in total. The van der Waals surface area contributed by atoms with E-state index in [1.807, 2.05) is 41.9 Å². The van der Waals surface area contributed by atoms with Gasteiger partial charge in [-0.3, -0.25) is 19.3 Å². The molecule has 170 valence electrons. The number of hydrogen-bond donors (Lipinski definition) is 2. The number of nitrogens with one attached hydrogen (secondary N) is 2. The van der Waals surface area contributed by atoms with Crippen molar-refractivity contribution < 1.29 is 4.79 Å². The Hall–Kier alpha value is -3.74. The molecule has 0 bridgehead atoms. The molecule has 0 saturated carbocycles. The summed E-state index contributed by atoms with van der Waals surface area (Å²) < 4.78 is 1.91. The number of amides is 1. The number of aryl methyl sites for hydroxylation is 2. The van der Waals surface area contributed by atoms with Crippen LogP contribution in [-0.4, -0.2) is 25.7 Å². The monoisotopic (exact) mass is 443 g/mol. The molecule has 1 aromatic carbocycles. The number of fused-ring (bicyclic) bond motifs is 1. The molecule has 4 aromatic rings. The van der Waals surface area contributed by atoms with Gasteiger partial charge >= 0.3 is 0 Å². The van der Waals surface area contributed by atoms with E-state index < -0.39 is 0 Å². The number of aromatic nitrogens is 4. The van der Waals surface area contributed by atoms with Gasteiger partial charge in [-0.2, -0.15) is 5.10 Å². The number of carbonyl (C=O) groups excluding carboxylic acids is 1. The highest BCUT2D eigenvalue weighted by Crippen LogP contribution is 2.29. The van der Waals surface area contributed by atoms with Crippen molar-refractivity contribution in [3.63, 3.8) is 0 Å². The zero-order chi connectivity index (χ0) is 23.5. The summed E-state index contributed by atoms with van der Waals surface area (Å²) in [6.07, 6.45) is 6.95. The van der Waals surface area contributed by atoms with Crippen molar-refractivity contribution in [2.75, 3.05) is 0 Å². The number of pyridine rings is 2. The summed E-state index contributed by atoms with van der Waals surface area (Å²) in [4.78, 5) is 33.0. The van der Waals surface area contributed by atoms with Crippen LogP contribution in [0.25, 0.3) is 22.0 Å². The van der Waals surface area contributed by atoms with Crippen molar-refractivity contribution in [1.82, 2.24) is 25.1 Å². The molecule has 33 heavy (non-hydrogen) atoms. The molecule has 7 heteroatoms. The van der Waals surface area contributed by atoms with E-state index in [0.717, 1.165) is 46.1 Å². The highest BCUT2D eigenvalue weighted by Gasteiger charge is 2.18. The Bertz CT molecular complexity index is 1350. The summed E-state index contributed by atoms with van der Waals surface area (Å²) in [6.45, 7) is 8.23. The first-order valence-electron chi connectivity index (χ1n) is 11.3. The lowest BCUT2D eigenvalue weighted by Gasteiger charge is -2.13. The van der Waals surface area contributed by atoms with Gasteiger partial charge in [0.05, 0.1) is 17.3 Å². The molecule has 0 aliphatic carbocycles. The highest BCUT2D eigenvalue weighted by molar-refractivity contribution is 6.08. The number of hydrogen-bond acceptors (Lipinski definition) is 4. The molecular formula is C26H29N5O2. The molecule has 0 saturated heterocycles. The normalized spacial score (nSPS) is 11.3. The Morgan fingerprint density at radius 2 is 2.00 bits per heavy atom. The number of nitrogens with zero attached hydrogens (tertiary/aromatic N) is 3. The lowest BCUT2D eigenvalue weighted by atomic mass is 10.00. The Labute approximate surface area is 192 Å². The van der Waals surface area contributed by atoms with E-state index in [1.54, 1.807) is 18.6 Å². The summed E-state index contributed by atoms with van der Waals surface area (Å²) >= 11 is 0. The first-order valence-corrected chi connectivity index (χ1v) is 11.3. The van der Waals surface area contributed by atoms with Crippen LogP contribution in [0.15, 0.2) is 53.7 Å². The standard InChI is InChI=1S/C26H29N5O2/c1-5-7-18-10-17(4)30-26(33)22(18)14-28-25(32)21-11-20(19-8-6-9-27-13-19)12-24-23(21)15-29-31(24)16(2)3/h6,8-13,15-16H,5,7,14H2,1-4H3,(H,28,32)(H,30,33). The number of benzene rings is 1. The summed E-state index contributed by atoms with van der Waals surface area (Å²) in [5, 5.41) is 8.27. The second-order valence-corrected chi connectivity index (χ2v) is 8.60. The van der Waals surface area contributed by atoms with E-state index in [9.17, 15) is 9.59 Å². The SMILES string of the molecule is CCCc1cc(C)[nH]c(=O)c1CNC(=O)c1cc(-c2cccnc2)cc2c1cnn2C(C)C. The minimum absolute atomic E-state index is 0.144. The van der Waals surface area contributed by atoms with Crippen molar-refractivity contribution in [3.05, 3.63) is 81.7 Å². The van der Waals surface area contributed by atoms with E-state index in [1.165, 1.54) is 0 Å². The molecule has 0 unspecified atom stereocenters. The van der Waals surface area contributed by atoms with Crippen LogP contribution in [0.4, 0.5) is 0 Å². The van der Waals surface area contributed by atoms with Crippen LogP contribution in [0, 0.1) is 6.92 Å². The number of aromatic amines is 1. The van der Waals surface area contributed by atoms with Crippen LogP contribution in [0.1, 0.15) is 60.4 Å². The number of H-pyrrole nitrogens is 1.